The van der Waals surface area contributed by atoms with Crippen molar-refractivity contribution in [3.05, 3.63) is 73.3 Å². The van der Waals surface area contributed by atoms with Gasteiger partial charge in [0.15, 0.2) is 11.2 Å². The summed E-state index contributed by atoms with van der Waals surface area (Å²) in [7, 11) is -9.50. The van der Waals surface area contributed by atoms with E-state index < -0.39 is 31.6 Å². The number of sulfonamides is 2. The molecule has 0 spiro atoms. The highest BCUT2D eigenvalue weighted by atomic mass is 32.3. The van der Waals surface area contributed by atoms with Gasteiger partial charge in [-0.3, -0.25) is 9.13 Å². The van der Waals surface area contributed by atoms with Crippen LogP contribution in [0.5, 0.6) is 0 Å². The molecule has 0 fully saturated rings. The van der Waals surface area contributed by atoms with Gasteiger partial charge in [-0.1, -0.05) is 0 Å². The van der Waals surface area contributed by atoms with Crippen LogP contribution < -0.4 is 15.2 Å². The topological polar surface area (TPSA) is 142 Å². The van der Waals surface area contributed by atoms with Gasteiger partial charge in [-0.15, -0.1) is 11.3 Å². The Kier molecular flexibility index (Phi) is 6.16. The molecule has 200 valence electrons. The molecule has 0 unspecified atom stereocenters. The molecule has 0 aliphatic rings. The molecular weight excluding hydrogens is 554 g/mol. The molecule has 0 radical (unpaired) electrons. The van der Waals surface area contributed by atoms with Crippen LogP contribution in [-0.4, -0.2) is 26.0 Å². The Morgan fingerprint density at radius 1 is 0.789 bits per heavy atom. The molecule has 38 heavy (non-hydrogen) atoms. The molecule has 2 aromatic carbocycles. The molecule has 14 heteroatoms. The van der Waals surface area contributed by atoms with Gasteiger partial charge < -0.3 is 8.83 Å². The summed E-state index contributed by atoms with van der Waals surface area (Å²) in [5.41, 5.74) is 1.23. The van der Waals surface area contributed by atoms with Gasteiger partial charge in [-0.05, 0) is 57.5 Å². The second kappa shape index (κ2) is 8.99. The molecule has 11 nitrogen and oxygen atoms in total. The third kappa shape index (κ3) is 3.82. The normalized spacial score (nSPS) is 12.5. The Balaban J connectivity index is 1.74. The lowest BCUT2D eigenvalue weighted by atomic mass is 10.3. The molecule has 5 aromatic rings. The zero-order valence-corrected chi connectivity index (χ0v) is 23.2. The zero-order chi connectivity index (χ0) is 27.6. The fourth-order valence-electron chi connectivity index (χ4n) is 4.27. The maximum atomic E-state index is 14.0. The second-order valence-corrected chi connectivity index (χ2v) is 13.4. The highest BCUT2D eigenvalue weighted by Crippen LogP contribution is 2.38. The molecule has 5 rings (SSSR count). The Morgan fingerprint density at radius 3 is 1.61 bits per heavy atom. The molecule has 0 amide bonds. The van der Waals surface area contributed by atoms with Crippen LogP contribution in [0.4, 0.5) is 5.69 Å². The van der Waals surface area contributed by atoms with Crippen molar-refractivity contribution in [3.63, 3.8) is 0 Å². The summed E-state index contributed by atoms with van der Waals surface area (Å²) in [5, 5.41) is 1.46. The summed E-state index contributed by atoms with van der Waals surface area (Å²) >= 11 is 1.21. The number of aromatic nitrogens is 2. The first-order valence-corrected chi connectivity index (χ1v) is 15.3. The van der Waals surface area contributed by atoms with Gasteiger partial charge in [0.25, 0.3) is 20.0 Å². The summed E-state index contributed by atoms with van der Waals surface area (Å²) in [4.78, 5) is 24.3. The number of hydrogen-bond donors (Lipinski definition) is 0. The van der Waals surface area contributed by atoms with Crippen LogP contribution in [0.1, 0.15) is 24.3 Å². The first kappa shape index (κ1) is 26.0. The van der Waals surface area contributed by atoms with Gasteiger partial charge in [0.1, 0.15) is 0 Å². The van der Waals surface area contributed by atoms with Crippen LogP contribution in [0.3, 0.4) is 0 Å². The van der Waals surface area contributed by atoms with Crippen molar-refractivity contribution in [3.8, 4) is 0 Å². The molecule has 3 heterocycles. The minimum Gasteiger partial charge on any atom is -0.408 e. The molecule has 0 saturated carbocycles. The quantitative estimate of drug-likeness (QED) is 0.284. The van der Waals surface area contributed by atoms with Crippen LogP contribution in [0.25, 0.3) is 22.2 Å². The van der Waals surface area contributed by atoms with E-state index in [-0.39, 0.29) is 26.6 Å². The lowest BCUT2D eigenvalue weighted by Crippen LogP contribution is -2.37. The summed E-state index contributed by atoms with van der Waals surface area (Å²) < 4.78 is 69.6. The predicted octanol–water partition coefficient (Wildman–Crippen LogP) is 3.80. The number of fused-ring (bicyclic) bond motifs is 2. The van der Waals surface area contributed by atoms with Crippen molar-refractivity contribution in [2.75, 3.05) is 3.71 Å². The Morgan fingerprint density at radius 2 is 1.24 bits per heavy atom. The van der Waals surface area contributed by atoms with E-state index in [1.807, 2.05) is 0 Å². The summed E-state index contributed by atoms with van der Waals surface area (Å²) in [5.74, 6) is -1.31. The number of anilines is 1. The number of hydrogen-bond acceptors (Lipinski definition) is 9. The van der Waals surface area contributed by atoms with Gasteiger partial charge in [0.05, 0.1) is 26.5 Å². The van der Waals surface area contributed by atoms with Gasteiger partial charge in [0, 0.05) is 35.5 Å². The minimum absolute atomic E-state index is 0.0117. The number of benzene rings is 2. The smallest absolute Gasteiger partial charge is 0.408 e. The lowest BCUT2D eigenvalue weighted by Gasteiger charge is -2.24. The van der Waals surface area contributed by atoms with Crippen LogP contribution >= 0.6 is 11.3 Å². The molecule has 0 N–H and O–H groups in total. The van der Waals surface area contributed by atoms with Crippen LogP contribution in [0.2, 0.25) is 0 Å². The largest absolute Gasteiger partial charge is 0.419 e. The fraction of sp³-hybridized carbons (Fsp3) is 0.250. The fourth-order valence-corrected chi connectivity index (χ4v) is 9.08. The monoisotopic (exact) mass is 577 g/mol. The average Bonchev–Trinajstić information content (AvgIpc) is 3.49. The SMILES string of the molecule is CCn1c(=O)oc2cc(S(=O)(=O)N(c3csc(C)c3C)S(=O)(=O)c3ccc4c(c3)oc(=O)n4CC)ccc21. The number of nitrogens with zero attached hydrogens (tertiary/aromatic N) is 3. The highest BCUT2D eigenvalue weighted by Gasteiger charge is 2.39. The molecule has 0 saturated heterocycles. The molecule has 0 atom stereocenters. The standard InChI is InChI=1S/C24H23N3O8S3/c1-5-25-18-9-7-16(11-21(18)34-23(25)28)37(30,31)27(20-13-36-15(4)14(20)3)38(32,33)17-8-10-19-22(12-17)35-24(29)26(19)6-2/h7-13H,5-6H2,1-4H3. The van der Waals surface area contributed by atoms with E-state index in [0.717, 1.165) is 17.0 Å². The van der Waals surface area contributed by atoms with E-state index in [4.69, 9.17) is 8.83 Å². The van der Waals surface area contributed by atoms with Crippen molar-refractivity contribution >= 4 is 59.3 Å². The van der Waals surface area contributed by atoms with Gasteiger partial charge in [0.2, 0.25) is 0 Å². The van der Waals surface area contributed by atoms with Gasteiger partial charge in [-0.2, -0.15) is 3.71 Å². The predicted molar refractivity (Wildman–Crippen MR) is 143 cm³/mol. The Labute approximate surface area is 221 Å². The Bertz CT molecular complexity index is 1930. The summed E-state index contributed by atoms with van der Waals surface area (Å²) in [6, 6.07) is 7.55. The van der Waals surface area contributed by atoms with Crippen LogP contribution in [0, 0.1) is 13.8 Å². The number of oxazole rings is 2. The molecular formula is C24H23N3O8S3. The van der Waals surface area contributed by atoms with Crippen molar-refractivity contribution < 1.29 is 25.7 Å². The average molecular weight is 578 g/mol. The van der Waals surface area contributed by atoms with Crippen molar-refractivity contribution in [1.29, 1.82) is 0 Å². The maximum Gasteiger partial charge on any atom is 0.419 e. The molecule has 3 aromatic heterocycles. The van der Waals surface area contributed by atoms with E-state index in [9.17, 15) is 26.4 Å². The minimum atomic E-state index is -4.75. The first-order valence-electron chi connectivity index (χ1n) is 11.5. The van der Waals surface area contributed by atoms with Gasteiger partial charge >= 0.3 is 11.5 Å². The number of thiophene rings is 1. The summed E-state index contributed by atoms with van der Waals surface area (Å²) in [6.45, 7) is 7.49. The highest BCUT2D eigenvalue weighted by molar-refractivity contribution is 8.10. The van der Waals surface area contributed by atoms with E-state index in [0.29, 0.717) is 33.4 Å². The van der Waals surface area contributed by atoms with Crippen LogP contribution in [0.15, 0.2) is 70.0 Å². The first-order chi connectivity index (χ1) is 17.9. The van der Waals surface area contributed by atoms with Crippen molar-refractivity contribution in [1.82, 2.24) is 9.13 Å². The molecule has 0 bridgehead atoms. The van der Waals surface area contributed by atoms with E-state index in [1.54, 1.807) is 27.7 Å². The van der Waals surface area contributed by atoms with Crippen molar-refractivity contribution in [2.45, 2.75) is 50.6 Å². The maximum absolute atomic E-state index is 14.0. The summed E-state index contributed by atoms with van der Waals surface area (Å²) in [6.07, 6.45) is 0. The van der Waals surface area contributed by atoms with E-state index in [2.05, 4.69) is 0 Å². The van der Waals surface area contributed by atoms with E-state index in [1.165, 1.54) is 50.1 Å². The third-order valence-corrected chi connectivity index (χ3v) is 11.5. The molecule has 0 aliphatic heterocycles. The zero-order valence-electron chi connectivity index (χ0n) is 20.8. The Hall–Kier alpha value is -3.62. The van der Waals surface area contributed by atoms with Crippen LogP contribution in [-0.2, 0) is 33.1 Å². The third-order valence-electron chi connectivity index (χ3n) is 6.40. The van der Waals surface area contributed by atoms with Gasteiger partial charge in [-0.25, -0.2) is 26.4 Å². The number of aryl methyl sites for hydroxylation is 3. The lowest BCUT2D eigenvalue weighted by molar-refractivity contribution is 0.512. The molecule has 0 aliphatic carbocycles. The van der Waals surface area contributed by atoms with E-state index >= 15 is 0 Å². The van der Waals surface area contributed by atoms with Crippen molar-refractivity contribution in [2.24, 2.45) is 0 Å². The number of rotatable bonds is 7. The second-order valence-electron chi connectivity index (χ2n) is 8.49.